The second-order valence-corrected chi connectivity index (χ2v) is 6.42. The Bertz CT molecular complexity index is 704. The maximum atomic E-state index is 5.70. The second kappa shape index (κ2) is 7.66. The number of aromatic nitrogens is 2. The Morgan fingerprint density at radius 1 is 1.42 bits per heavy atom. The number of nitrogens with zero attached hydrogens (tertiary/aromatic N) is 4. The Morgan fingerprint density at radius 3 is 2.92 bits per heavy atom. The molecule has 0 saturated heterocycles. The summed E-state index contributed by atoms with van der Waals surface area (Å²) in [5.41, 5.74) is 2.17. The van der Waals surface area contributed by atoms with E-state index in [1.807, 2.05) is 32.3 Å². The van der Waals surface area contributed by atoms with Crippen LogP contribution in [0, 0.1) is 5.92 Å². The van der Waals surface area contributed by atoms with Gasteiger partial charge in [0.15, 0.2) is 5.96 Å². The van der Waals surface area contributed by atoms with E-state index < -0.39 is 0 Å². The Hall–Kier alpha value is -2.08. The topological polar surface area (TPSA) is 54.7 Å². The number of hydrogen-bond donors (Lipinski definition) is 1. The molecule has 0 atom stereocenters. The fourth-order valence-corrected chi connectivity index (χ4v) is 2.74. The molecule has 3 rings (SSSR count). The number of aliphatic imine (C=N–C) groups is 1. The van der Waals surface area contributed by atoms with Crippen molar-refractivity contribution < 1.29 is 4.74 Å². The van der Waals surface area contributed by atoms with E-state index in [0.29, 0.717) is 6.54 Å². The summed E-state index contributed by atoms with van der Waals surface area (Å²) in [5, 5.41) is 3.39. The molecule has 0 aliphatic heterocycles. The van der Waals surface area contributed by atoms with E-state index in [1.165, 1.54) is 12.8 Å². The summed E-state index contributed by atoms with van der Waals surface area (Å²) in [4.78, 5) is 11.1. The zero-order valence-electron chi connectivity index (χ0n) is 14.8. The molecule has 130 valence electrons. The Balaban J connectivity index is 1.51. The minimum atomic E-state index is 0.644. The van der Waals surface area contributed by atoms with Crippen molar-refractivity contribution in [1.29, 1.82) is 0 Å². The van der Waals surface area contributed by atoms with Crippen LogP contribution in [0.5, 0.6) is 0 Å². The average molecular weight is 329 g/mol. The maximum Gasteiger partial charge on any atom is 0.193 e. The van der Waals surface area contributed by atoms with Crippen molar-refractivity contribution in [3.05, 3.63) is 30.1 Å². The third kappa shape index (κ3) is 4.06. The van der Waals surface area contributed by atoms with Gasteiger partial charge in [0.05, 0.1) is 24.2 Å². The molecule has 1 N–H and O–H groups in total. The standard InChI is InChI=1S/C18H27N5O/c1-19-18(22(2)10-11-24-13-14-8-9-14)20-12-17-21-15-6-4-5-7-16(15)23(17)3/h4-7,14H,8-13H2,1-3H3,(H,19,20). The van der Waals surface area contributed by atoms with Crippen LogP contribution in [-0.2, 0) is 18.3 Å². The van der Waals surface area contributed by atoms with Crippen LogP contribution in [0.2, 0.25) is 0 Å². The molecule has 1 heterocycles. The fourth-order valence-electron chi connectivity index (χ4n) is 2.74. The molecule has 0 unspecified atom stereocenters. The number of aryl methyl sites for hydroxylation is 1. The second-order valence-electron chi connectivity index (χ2n) is 6.42. The third-order valence-corrected chi connectivity index (χ3v) is 4.48. The number of hydrogen-bond acceptors (Lipinski definition) is 3. The van der Waals surface area contributed by atoms with Gasteiger partial charge < -0.3 is 19.5 Å². The number of fused-ring (bicyclic) bond motifs is 1. The molecule has 6 nitrogen and oxygen atoms in total. The lowest BCUT2D eigenvalue weighted by atomic mass is 10.3. The molecular weight excluding hydrogens is 302 g/mol. The van der Waals surface area contributed by atoms with Crippen LogP contribution in [0.3, 0.4) is 0 Å². The molecule has 1 aromatic carbocycles. The summed E-state index contributed by atoms with van der Waals surface area (Å²) in [5.74, 6) is 2.66. The van der Waals surface area contributed by atoms with Crippen molar-refractivity contribution in [2.24, 2.45) is 18.0 Å². The molecule has 0 amide bonds. The number of nitrogens with one attached hydrogen (secondary N) is 1. The van der Waals surface area contributed by atoms with E-state index in [9.17, 15) is 0 Å². The third-order valence-electron chi connectivity index (χ3n) is 4.48. The van der Waals surface area contributed by atoms with Crippen LogP contribution >= 0.6 is 0 Å². The summed E-state index contributed by atoms with van der Waals surface area (Å²) < 4.78 is 7.82. The highest BCUT2D eigenvalue weighted by Gasteiger charge is 2.21. The molecule has 0 radical (unpaired) electrons. The Kier molecular flexibility index (Phi) is 5.35. The van der Waals surface area contributed by atoms with E-state index in [0.717, 1.165) is 48.5 Å². The minimum Gasteiger partial charge on any atom is -0.379 e. The summed E-state index contributed by atoms with van der Waals surface area (Å²) >= 11 is 0. The predicted octanol–water partition coefficient (Wildman–Crippen LogP) is 2.01. The molecule has 1 aliphatic carbocycles. The lowest BCUT2D eigenvalue weighted by Crippen LogP contribution is -2.40. The Morgan fingerprint density at radius 2 is 2.21 bits per heavy atom. The lowest BCUT2D eigenvalue weighted by Gasteiger charge is -2.22. The van der Waals surface area contributed by atoms with Crippen LogP contribution in [0.15, 0.2) is 29.3 Å². The van der Waals surface area contributed by atoms with Gasteiger partial charge >= 0.3 is 0 Å². The number of imidazole rings is 1. The lowest BCUT2D eigenvalue weighted by molar-refractivity contribution is 0.115. The van der Waals surface area contributed by atoms with Gasteiger partial charge in [0.2, 0.25) is 0 Å². The zero-order valence-corrected chi connectivity index (χ0v) is 14.8. The highest BCUT2D eigenvalue weighted by Crippen LogP contribution is 2.28. The number of para-hydroxylation sites is 2. The van der Waals surface area contributed by atoms with Crippen molar-refractivity contribution in [2.45, 2.75) is 19.4 Å². The zero-order chi connectivity index (χ0) is 16.9. The van der Waals surface area contributed by atoms with Crippen LogP contribution in [-0.4, -0.2) is 54.3 Å². The smallest absolute Gasteiger partial charge is 0.193 e. The first-order valence-corrected chi connectivity index (χ1v) is 8.59. The number of rotatable bonds is 7. The van der Waals surface area contributed by atoms with E-state index in [4.69, 9.17) is 4.74 Å². The molecule has 0 spiro atoms. The summed E-state index contributed by atoms with van der Waals surface area (Å²) in [6.45, 7) is 3.11. The predicted molar refractivity (Wildman–Crippen MR) is 97.1 cm³/mol. The molecule has 1 aliphatic rings. The molecule has 6 heteroatoms. The van der Waals surface area contributed by atoms with Gasteiger partial charge in [-0.15, -0.1) is 0 Å². The van der Waals surface area contributed by atoms with Gasteiger partial charge in [-0.2, -0.15) is 0 Å². The highest BCUT2D eigenvalue weighted by molar-refractivity contribution is 5.80. The van der Waals surface area contributed by atoms with Gasteiger partial charge in [0, 0.05) is 34.3 Å². The first kappa shape index (κ1) is 16.8. The molecule has 1 fully saturated rings. The summed E-state index contributed by atoms with van der Waals surface area (Å²) in [6, 6.07) is 8.18. The van der Waals surface area contributed by atoms with E-state index in [1.54, 1.807) is 7.05 Å². The maximum absolute atomic E-state index is 5.70. The molecule has 2 aromatic rings. The SMILES string of the molecule is CN=C(NCc1nc2ccccc2n1C)N(C)CCOCC1CC1. The summed E-state index contributed by atoms with van der Waals surface area (Å²) in [7, 11) is 5.88. The number of likely N-dealkylation sites (N-methyl/N-ethyl adjacent to an activating group) is 1. The highest BCUT2D eigenvalue weighted by atomic mass is 16.5. The number of guanidine groups is 1. The van der Waals surface area contributed by atoms with E-state index in [2.05, 4.69) is 30.8 Å². The fraction of sp³-hybridized carbons (Fsp3) is 0.556. The molecule has 24 heavy (non-hydrogen) atoms. The van der Waals surface area contributed by atoms with Crippen molar-refractivity contribution in [2.75, 3.05) is 33.9 Å². The van der Waals surface area contributed by atoms with Crippen molar-refractivity contribution in [3.63, 3.8) is 0 Å². The number of benzene rings is 1. The monoisotopic (exact) mass is 329 g/mol. The first-order chi connectivity index (χ1) is 11.7. The van der Waals surface area contributed by atoms with Crippen LogP contribution in [0.1, 0.15) is 18.7 Å². The quantitative estimate of drug-likeness (QED) is 0.480. The van der Waals surface area contributed by atoms with Gasteiger partial charge in [-0.05, 0) is 30.9 Å². The number of ether oxygens (including phenoxy) is 1. The van der Waals surface area contributed by atoms with Crippen LogP contribution in [0.25, 0.3) is 11.0 Å². The van der Waals surface area contributed by atoms with Gasteiger partial charge in [-0.1, -0.05) is 12.1 Å². The summed E-state index contributed by atoms with van der Waals surface area (Å²) in [6.07, 6.45) is 2.66. The van der Waals surface area contributed by atoms with Crippen molar-refractivity contribution >= 4 is 17.0 Å². The van der Waals surface area contributed by atoms with Crippen molar-refractivity contribution in [1.82, 2.24) is 19.8 Å². The van der Waals surface area contributed by atoms with Crippen LogP contribution < -0.4 is 5.32 Å². The van der Waals surface area contributed by atoms with Gasteiger partial charge in [0.1, 0.15) is 5.82 Å². The average Bonchev–Trinajstić information content (AvgIpc) is 3.37. The Labute approximate surface area is 143 Å². The molecule has 0 bridgehead atoms. The van der Waals surface area contributed by atoms with E-state index in [-0.39, 0.29) is 0 Å². The van der Waals surface area contributed by atoms with Crippen LogP contribution in [0.4, 0.5) is 0 Å². The molecular formula is C18H27N5O. The molecule has 1 saturated carbocycles. The normalized spacial score (nSPS) is 15.0. The largest absolute Gasteiger partial charge is 0.379 e. The van der Waals surface area contributed by atoms with Gasteiger partial charge in [0.25, 0.3) is 0 Å². The van der Waals surface area contributed by atoms with Gasteiger partial charge in [-0.3, -0.25) is 4.99 Å². The van der Waals surface area contributed by atoms with Crippen molar-refractivity contribution in [3.8, 4) is 0 Å². The minimum absolute atomic E-state index is 0.644. The molecule has 1 aromatic heterocycles. The first-order valence-electron chi connectivity index (χ1n) is 8.59. The van der Waals surface area contributed by atoms with E-state index >= 15 is 0 Å². The van der Waals surface area contributed by atoms with Gasteiger partial charge in [-0.25, -0.2) is 4.98 Å².